The Morgan fingerprint density at radius 1 is 1.07 bits per heavy atom. The summed E-state index contributed by atoms with van der Waals surface area (Å²) < 4.78 is 5.42. The minimum absolute atomic E-state index is 0.527. The number of hydrogen-bond acceptors (Lipinski definition) is 3. The normalized spacial score (nSPS) is 36.4. The van der Waals surface area contributed by atoms with Crippen LogP contribution in [0.25, 0.3) is 0 Å². The van der Waals surface area contributed by atoms with Crippen molar-refractivity contribution in [2.45, 2.75) is 31.4 Å². The molecule has 0 spiro atoms. The minimum Gasteiger partial charge on any atom is -0.381 e. The van der Waals surface area contributed by atoms with Gasteiger partial charge in [-0.3, -0.25) is 4.90 Å². The van der Waals surface area contributed by atoms with Crippen LogP contribution in [0, 0.1) is 0 Å². The van der Waals surface area contributed by atoms with E-state index in [-0.39, 0.29) is 0 Å². The Hall–Kier alpha value is -0.120. The number of rotatable bonds is 2. The zero-order valence-corrected chi connectivity index (χ0v) is 9.41. The first-order valence-corrected chi connectivity index (χ1v) is 5.75. The van der Waals surface area contributed by atoms with Gasteiger partial charge < -0.3 is 9.64 Å². The highest BCUT2D eigenvalue weighted by molar-refractivity contribution is 4.85. The summed E-state index contributed by atoms with van der Waals surface area (Å²) in [5.41, 5.74) is 0. The summed E-state index contributed by atoms with van der Waals surface area (Å²) in [4.78, 5) is 5.07. The monoisotopic (exact) mass is 198 g/mol. The van der Waals surface area contributed by atoms with E-state index >= 15 is 0 Å². The summed E-state index contributed by atoms with van der Waals surface area (Å²) in [6, 6.07) is 0.800. The predicted molar refractivity (Wildman–Crippen MR) is 57.5 cm³/mol. The smallest absolute Gasteiger partial charge is 0.0586 e. The molecule has 1 aliphatic heterocycles. The van der Waals surface area contributed by atoms with E-state index < -0.39 is 0 Å². The number of likely N-dealkylation sites (N-methyl/N-ethyl adjacent to an activating group) is 1. The second-order valence-electron chi connectivity index (χ2n) is 4.66. The Morgan fingerprint density at radius 3 is 2.36 bits per heavy atom. The molecule has 1 aliphatic carbocycles. The molecule has 14 heavy (non-hydrogen) atoms. The third-order valence-electron chi connectivity index (χ3n) is 3.74. The van der Waals surface area contributed by atoms with E-state index in [0.29, 0.717) is 6.10 Å². The Morgan fingerprint density at radius 2 is 1.79 bits per heavy atom. The van der Waals surface area contributed by atoms with E-state index in [9.17, 15) is 0 Å². The van der Waals surface area contributed by atoms with Gasteiger partial charge in [0.1, 0.15) is 0 Å². The van der Waals surface area contributed by atoms with Crippen LogP contribution in [0.2, 0.25) is 0 Å². The molecule has 1 saturated heterocycles. The molecule has 0 aromatic rings. The van der Waals surface area contributed by atoms with Crippen LogP contribution in [0.4, 0.5) is 0 Å². The van der Waals surface area contributed by atoms with Crippen LogP contribution in [-0.4, -0.2) is 62.3 Å². The molecular weight excluding hydrogens is 176 g/mol. The highest BCUT2D eigenvalue weighted by atomic mass is 16.5. The lowest BCUT2D eigenvalue weighted by Gasteiger charge is -2.36. The maximum absolute atomic E-state index is 5.42. The van der Waals surface area contributed by atoms with Crippen molar-refractivity contribution in [1.29, 1.82) is 0 Å². The zero-order chi connectivity index (χ0) is 9.97. The molecule has 3 heteroatoms. The van der Waals surface area contributed by atoms with Gasteiger partial charge in [0.25, 0.3) is 0 Å². The molecule has 1 saturated carbocycles. The fraction of sp³-hybridized carbons (Fsp3) is 1.00. The van der Waals surface area contributed by atoms with Crippen molar-refractivity contribution in [3.8, 4) is 0 Å². The fourth-order valence-corrected chi connectivity index (χ4v) is 2.65. The van der Waals surface area contributed by atoms with Gasteiger partial charge >= 0.3 is 0 Å². The van der Waals surface area contributed by atoms with E-state index in [1.165, 1.54) is 45.4 Å². The van der Waals surface area contributed by atoms with Gasteiger partial charge in [-0.1, -0.05) is 0 Å². The van der Waals surface area contributed by atoms with Crippen LogP contribution in [0.3, 0.4) is 0 Å². The quantitative estimate of drug-likeness (QED) is 0.653. The van der Waals surface area contributed by atoms with E-state index in [4.69, 9.17) is 4.74 Å². The van der Waals surface area contributed by atoms with Gasteiger partial charge in [0, 0.05) is 39.3 Å². The standard InChI is InChI=1S/C11H22N2O/c1-12-5-7-13(8-6-12)10-3-4-11(9-10)14-2/h10-11H,3-9H2,1-2H3. The van der Waals surface area contributed by atoms with Crippen molar-refractivity contribution < 1.29 is 4.74 Å². The number of piperazine rings is 1. The molecule has 2 aliphatic rings. The first kappa shape index (κ1) is 10.4. The second-order valence-corrected chi connectivity index (χ2v) is 4.66. The SMILES string of the molecule is COC1CCC(N2CCN(C)CC2)C1. The lowest BCUT2D eigenvalue weighted by molar-refractivity contribution is 0.0811. The number of nitrogens with zero attached hydrogens (tertiary/aromatic N) is 2. The van der Waals surface area contributed by atoms with Gasteiger partial charge in [-0.25, -0.2) is 0 Å². The number of hydrogen-bond donors (Lipinski definition) is 0. The predicted octanol–water partition coefficient (Wildman–Crippen LogP) is 0.801. The maximum Gasteiger partial charge on any atom is 0.0586 e. The number of methoxy groups -OCH3 is 1. The molecular formula is C11H22N2O. The van der Waals surface area contributed by atoms with Crippen LogP contribution >= 0.6 is 0 Å². The zero-order valence-electron chi connectivity index (χ0n) is 9.41. The summed E-state index contributed by atoms with van der Waals surface area (Å²) >= 11 is 0. The second kappa shape index (κ2) is 4.60. The number of ether oxygens (including phenoxy) is 1. The van der Waals surface area contributed by atoms with Crippen LogP contribution < -0.4 is 0 Å². The van der Waals surface area contributed by atoms with E-state index in [1.54, 1.807) is 0 Å². The Kier molecular flexibility index (Phi) is 3.42. The molecule has 1 heterocycles. The lowest BCUT2D eigenvalue weighted by atomic mass is 10.2. The van der Waals surface area contributed by atoms with Gasteiger partial charge in [0.05, 0.1) is 6.10 Å². The molecule has 0 bridgehead atoms. The van der Waals surface area contributed by atoms with Crippen molar-refractivity contribution in [2.24, 2.45) is 0 Å². The molecule has 2 unspecified atom stereocenters. The van der Waals surface area contributed by atoms with Crippen molar-refractivity contribution >= 4 is 0 Å². The average molecular weight is 198 g/mol. The molecule has 3 nitrogen and oxygen atoms in total. The summed E-state index contributed by atoms with van der Waals surface area (Å²) in [6.07, 6.45) is 4.37. The largest absolute Gasteiger partial charge is 0.381 e. The fourth-order valence-electron chi connectivity index (χ4n) is 2.65. The van der Waals surface area contributed by atoms with Gasteiger partial charge in [-0.05, 0) is 26.3 Å². The van der Waals surface area contributed by atoms with Crippen LogP contribution in [0.15, 0.2) is 0 Å². The summed E-state index contributed by atoms with van der Waals surface area (Å²) in [7, 11) is 4.06. The minimum atomic E-state index is 0.527. The molecule has 2 atom stereocenters. The van der Waals surface area contributed by atoms with Crippen LogP contribution in [-0.2, 0) is 4.74 Å². The Labute approximate surface area is 87.0 Å². The van der Waals surface area contributed by atoms with Crippen LogP contribution in [0.1, 0.15) is 19.3 Å². The van der Waals surface area contributed by atoms with Crippen molar-refractivity contribution in [3.05, 3.63) is 0 Å². The maximum atomic E-state index is 5.42. The van der Waals surface area contributed by atoms with Gasteiger partial charge in [-0.15, -0.1) is 0 Å². The molecule has 0 N–H and O–H groups in total. The third kappa shape index (κ3) is 2.27. The van der Waals surface area contributed by atoms with Crippen molar-refractivity contribution in [2.75, 3.05) is 40.3 Å². The summed E-state index contributed by atoms with van der Waals surface area (Å²) in [6.45, 7) is 4.96. The average Bonchev–Trinajstić information content (AvgIpc) is 2.67. The first-order valence-electron chi connectivity index (χ1n) is 5.75. The molecule has 0 aromatic heterocycles. The Balaban J connectivity index is 1.79. The van der Waals surface area contributed by atoms with E-state index in [2.05, 4.69) is 16.8 Å². The van der Waals surface area contributed by atoms with Gasteiger partial charge in [0.2, 0.25) is 0 Å². The highest BCUT2D eigenvalue weighted by Gasteiger charge is 2.30. The third-order valence-corrected chi connectivity index (χ3v) is 3.74. The van der Waals surface area contributed by atoms with Gasteiger partial charge in [0.15, 0.2) is 0 Å². The molecule has 0 amide bonds. The summed E-state index contributed by atoms with van der Waals surface area (Å²) in [5, 5.41) is 0. The van der Waals surface area contributed by atoms with E-state index in [0.717, 1.165) is 6.04 Å². The van der Waals surface area contributed by atoms with E-state index in [1.807, 2.05) is 7.11 Å². The van der Waals surface area contributed by atoms with Crippen LogP contribution in [0.5, 0.6) is 0 Å². The molecule has 2 fully saturated rings. The molecule has 2 rings (SSSR count). The first-order chi connectivity index (χ1) is 6.79. The van der Waals surface area contributed by atoms with Gasteiger partial charge in [-0.2, -0.15) is 0 Å². The molecule has 82 valence electrons. The highest BCUT2D eigenvalue weighted by Crippen LogP contribution is 2.26. The summed E-state index contributed by atoms with van der Waals surface area (Å²) in [5.74, 6) is 0. The lowest BCUT2D eigenvalue weighted by Crippen LogP contribution is -2.48. The molecule has 0 aromatic carbocycles. The van der Waals surface area contributed by atoms with Crippen molar-refractivity contribution in [1.82, 2.24) is 9.80 Å². The molecule has 0 radical (unpaired) electrons. The topological polar surface area (TPSA) is 15.7 Å². The Bertz CT molecular complexity index is 178. The van der Waals surface area contributed by atoms with Crippen molar-refractivity contribution in [3.63, 3.8) is 0 Å².